The lowest BCUT2D eigenvalue weighted by Crippen LogP contribution is -2.23. The highest BCUT2D eigenvalue weighted by Gasteiger charge is 2.08. The first-order chi connectivity index (χ1) is 8.04. The molecule has 1 amide bonds. The van der Waals surface area contributed by atoms with E-state index in [1.165, 1.54) is 12.1 Å². The minimum Gasteiger partial charge on any atom is -0.478 e. The molecule has 0 saturated carbocycles. The number of ether oxygens (including phenoxy) is 1. The molecule has 0 bridgehead atoms. The standard InChI is InChI=1S/C11H12ClNO4/c1-2-17-11(16)13-6-8-4-3-7(10(14)15)5-9(8)12/h3-5H,2,6H2,1H3,(H,13,16)(H,14,15). The highest BCUT2D eigenvalue weighted by Crippen LogP contribution is 2.17. The number of hydrogen-bond acceptors (Lipinski definition) is 3. The smallest absolute Gasteiger partial charge is 0.407 e. The maximum Gasteiger partial charge on any atom is 0.407 e. The summed E-state index contributed by atoms with van der Waals surface area (Å²) < 4.78 is 4.68. The number of halogens is 1. The molecule has 5 nitrogen and oxygen atoms in total. The fourth-order valence-corrected chi connectivity index (χ4v) is 1.42. The fourth-order valence-electron chi connectivity index (χ4n) is 1.17. The first kappa shape index (κ1) is 13.3. The van der Waals surface area contributed by atoms with Gasteiger partial charge in [0.25, 0.3) is 0 Å². The van der Waals surface area contributed by atoms with Crippen LogP contribution in [0.25, 0.3) is 0 Å². The molecule has 0 heterocycles. The summed E-state index contributed by atoms with van der Waals surface area (Å²) in [6, 6.07) is 4.32. The van der Waals surface area contributed by atoms with Crippen LogP contribution >= 0.6 is 11.6 Å². The molecule has 0 unspecified atom stereocenters. The van der Waals surface area contributed by atoms with Crippen LogP contribution in [0.5, 0.6) is 0 Å². The Morgan fingerprint density at radius 3 is 2.71 bits per heavy atom. The zero-order valence-corrected chi connectivity index (χ0v) is 9.95. The van der Waals surface area contributed by atoms with E-state index in [-0.39, 0.29) is 18.7 Å². The molecule has 1 aromatic rings. The van der Waals surface area contributed by atoms with Gasteiger partial charge in [-0.05, 0) is 24.6 Å². The highest BCUT2D eigenvalue weighted by atomic mass is 35.5. The molecule has 1 rings (SSSR count). The normalized spacial score (nSPS) is 9.76. The van der Waals surface area contributed by atoms with Crippen LogP contribution in [0.4, 0.5) is 4.79 Å². The van der Waals surface area contributed by atoms with Gasteiger partial charge in [0, 0.05) is 11.6 Å². The summed E-state index contributed by atoms with van der Waals surface area (Å²) in [5.41, 5.74) is 0.736. The van der Waals surface area contributed by atoms with E-state index in [0.29, 0.717) is 10.6 Å². The predicted molar refractivity (Wildman–Crippen MR) is 62.3 cm³/mol. The number of benzene rings is 1. The molecule has 0 saturated heterocycles. The van der Waals surface area contributed by atoms with Crippen molar-refractivity contribution in [2.45, 2.75) is 13.5 Å². The number of amides is 1. The Hall–Kier alpha value is -1.75. The number of carbonyl (C=O) groups is 2. The van der Waals surface area contributed by atoms with Gasteiger partial charge in [0.05, 0.1) is 12.2 Å². The van der Waals surface area contributed by atoms with Crippen LogP contribution in [0.1, 0.15) is 22.8 Å². The topological polar surface area (TPSA) is 75.6 Å². The molecule has 6 heteroatoms. The third-order valence-corrected chi connectivity index (χ3v) is 2.35. The summed E-state index contributed by atoms with van der Waals surface area (Å²) >= 11 is 5.88. The summed E-state index contributed by atoms with van der Waals surface area (Å²) in [4.78, 5) is 21.7. The third kappa shape index (κ3) is 3.96. The summed E-state index contributed by atoms with van der Waals surface area (Å²) in [5.74, 6) is -1.04. The second-order valence-electron chi connectivity index (χ2n) is 3.19. The minimum atomic E-state index is -1.04. The van der Waals surface area contributed by atoms with E-state index in [1.807, 2.05) is 0 Å². The largest absolute Gasteiger partial charge is 0.478 e. The zero-order valence-electron chi connectivity index (χ0n) is 9.20. The molecule has 0 spiro atoms. The van der Waals surface area contributed by atoms with Crippen LogP contribution in [0, 0.1) is 0 Å². The van der Waals surface area contributed by atoms with Crippen LogP contribution in [0.15, 0.2) is 18.2 Å². The van der Waals surface area contributed by atoms with Crippen molar-refractivity contribution in [3.05, 3.63) is 34.3 Å². The van der Waals surface area contributed by atoms with Crippen LogP contribution in [0.2, 0.25) is 5.02 Å². The number of hydrogen-bond donors (Lipinski definition) is 2. The van der Waals surface area contributed by atoms with Crippen molar-refractivity contribution < 1.29 is 19.4 Å². The number of carboxylic acids is 1. The van der Waals surface area contributed by atoms with Gasteiger partial charge in [0.1, 0.15) is 0 Å². The van der Waals surface area contributed by atoms with Crippen LogP contribution in [-0.2, 0) is 11.3 Å². The molecule has 0 atom stereocenters. The fraction of sp³-hybridized carbons (Fsp3) is 0.273. The first-order valence-corrected chi connectivity index (χ1v) is 5.34. The average Bonchev–Trinajstić information content (AvgIpc) is 2.27. The average molecular weight is 258 g/mol. The molecule has 0 aromatic heterocycles. The van der Waals surface area contributed by atoms with E-state index in [4.69, 9.17) is 16.7 Å². The maximum absolute atomic E-state index is 11.0. The van der Waals surface area contributed by atoms with Gasteiger partial charge in [0.15, 0.2) is 0 Å². The highest BCUT2D eigenvalue weighted by molar-refractivity contribution is 6.31. The third-order valence-electron chi connectivity index (χ3n) is 2.00. The summed E-state index contributed by atoms with van der Waals surface area (Å²) in [5, 5.41) is 11.5. The van der Waals surface area contributed by atoms with Gasteiger partial charge >= 0.3 is 12.1 Å². The Labute approximate surface area is 103 Å². The number of rotatable bonds is 4. The number of nitrogens with one attached hydrogen (secondary N) is 1. The number of aromatic carboxylic acids is 1. The van der Waals surface area contributed by atoms with Crippen LogP contribution in [-0.4, -0.2) is 23.8 Å². The van der Waals surface area contributed by atoms with Gasteiger partial charge in [-0.25, -0.2) is 9.59 Å². The second-order valence-corrected chi connectivity index (χ2v) is 3.59. The molecule has 0 aliphatic heterocycles. The van der Waals surface area contributed by atoms with Crippen molar-refractivity contribution in [1.29, 1.82) is 0 Å². The molecule has 92 valence electrons. The molecule has 1 aromatic carbocycles. The van der Waals surface area contributed by atoms with Gasteiger partial charge in [0.2, 0.25) is 0 Å². The van der Waals surface area contributed by atoms with Crippen molar-refractivity contribution in [2.24, 2.45) is 0 Å². The van der Waals surface area contributed by atoms with Crippen LogP contribution in [0.3, 0.4) is 0 Å². The molecule has 0 aliphatic rings. The summed E-state index contributed by atoms with van der Waals surface area (Å²) in [6.07, 6.45) is -0.536. The first-order valence-electron chi connectivity index (χ1n) is 4.97. The lowest BCUT2D eigenvalue weighted by atomic mass is 10.1. The van der Waals surface area contributed by atoms with Gasteiger partial charge in [-0.15, -0.1) is 0 Å². The van der Waals surface area contributed by atoms with E-state index in [1.54, 1.807) is 13.0 Å². The Bertz CT molecular complexity index is 433. The van der Waals surface area contributed by atoms with Gasteiger partial charge < -0.3 is 15.2 Å². The Balaban J connectivity index is 2.66. The van der Waals surface area contributed by atoms with E-state index >= 15 is 0 Å². The predicted octanol–water partition coefficient (Wildman–Crippen LogP) is 2.28. The van der Waals surface area contributed by atoms with Gasteiger partial charge in [-0.3, -0.25) is 0 Å². The Kier molecular flexibility index (Phi) is 4.78. The van der Waals surface area contributed by atoms with Crippen molar-refractivity contribution in [3.8, 4) is 0 Å². The van der Waals surface area contributed by atoms with Gasteiger partial charge in [-0.2, -0.15) is 0 Å². The van der Waals surface area contributed by atoms with Crippen LogP contribution < -0.4 is 5.32 Å². The van der Waals surface area contributed by atoms with E-state index in [0.717, 1.165) is 0 Å². The Morgan fingerprint density at radius 2 is 2.18 bits per heavy atom. The number of carboxylic acid groups (broad SMARTS) is 1. The second kappa shape index (κ2) is 6.10. The number of alkyl carbamates (subject to hydrolysis) is 1. The Morgan fingerprint density at radius 1 is 1.47 bits per heavy atom. The lowest BCUT2D eigenvalue weighted by Gasteiger charge is -2.07. The lowest BCUT2D eigenvalue weighted by molar-refractivity contribution is 0.0696. The zero-order chi connectivity index (χ0) is 12.8. The molecule has 0 radical (unpaired) electrons. The van der Waals surface area contributed by atoms with E-state index < -0.39 is 12.1 Å². The van der Waals surface area contributed by atoms with Crippen molar-refractivity contribution in [3.63, 3.8) is 0 Å². The molecule has 0 fully saturated rings. The van der Waals surface area contributed by atoms with E-state index in [2.05, 4.69) is 10.1 Å². The molecular weight excluding hydrogens is 246 g/mol. The summed E-state index contributed by atoms with van der Waals surface area (Å²) in [6.45, 7) is 2.18. The van der Waals surface area contributed by atoms with Gasteiger partial charge in [-0.1, -0.05) is 17.7 Å². The maximum atomic E-state index is 11.0. The monoisotopic (exact) mass is 257 g/mol. The molecule has 0 aliphatic carbocycles. The molecule has 17 heavy (non-hydrogen) atoms. The van der Waals surface area contributed by atoms with Crippen molar-refractivity contribution in [2.75, 3.05) is 6.61 Å². The van der Waals surface area contributed by atoms with E-state index in [9.17, 15) is 9.59 Å². The van der Waals surface area contributed by atoms with Crippen molar-refractivity contribution >= 4 is 23.7 Å². The minimum absolute atomic E-state index is 0.106. The summed E-state index contributed by atoms with van der Waals surface area (Å²) in [7, 11) is 0. The molecule has 2 N–H and O–H groups in total. The number of carbonyl (C=O) groups excluding carboxylic acids is 1. The quantitative estimate of drug-likeness (QED) is 0.868. The van der Waals surface area contributed by atoms with Crippen molar-refractivity contribution in [1.82, 2.24) is 5.32 Å². The SMILES string of the molecule is CCOC(=O)NCc1ccc(C(=O)O)cc1Cl. The molecular formula is C11H12ClNO4.